The fourth-order valence-electron chi connectivity index (χ4n) is 7.06. The predicted octanol–water partition coefficient (Wildman–Crippen LogP) is 4.81. The molecule has 9 heteroatoms. The van der Waals surface area contributed by atoms with Gasteiger partial charge in [-0.25, -0.2) is 4.68 Å². The summed E-state index contributed by atoms with van der Waals surface area (Å²) in [7, 11) is 0. The highest BCUT2D eigenvalue weighted by Crippen LogP contribution is 2.33. The molecule has 5 aromatic rings. The summed E-state index contributed by atoms with van der Waals surface area (Å²) < 4.78 is 7.80. The van der Waals surface area contributed by atoms with Crippen molar-refractivity contribution < 1.29 is 4.74 Å². The summed E-state index contributed by atoms with van der Waals surface area (Å²) in [5.41, 5.74) is 6.22. The molecule has 0 amide bonds. The smallest absolute Gasteiger partial charge is 0.253 e. The van der Waals surface area contributed by atoms with Crippen molar-refractivity contribution in [1.82, 2.24) is 35.0 Å². The zero-order valence-electron chi connectivity index (χ0n) is 25.4. The number of piperazine rings is 1. The number of hydrogen-bond donors (Lipinski definition) is 1. The molecule has 2 aliphatic rings. The maximum Gasteiger partial charge on any atom is 0.253 e. The molecule has 1 N–H and O–H groups in total. The Morgan fingerprint density at radius 1 is 0.886 bits per heavy atom. The molecule has 7 rings (SSSR count). The van der Waals surface area contributed by atoms with Gasteiger partial charge < -0.3 is 9.72 Å². The molecule has 2 saturated heterocycles. The Hall–Kier alpha value is -4.18. The van der Waals surface area contributed by atoms with Crippen LogP contribution in [-0.4, -0.2) is 73.9 Å². The second-order valence-corrected chi connectivity index (χ2v) is 12.2. The predicted molar refractivity (Wildman–Crippen MR) is 171 cm³/mol. The summed E-state index contributed by atoms with van der Waals surface area (Å²) >= 11 is 0. The van der Waals surface area contributed by atoms with Gasteiger partial charge in [-0.2, -0.15) is 0 Å². The maximum atomic E-state index is 13.9. The molecule has 0 spiro atoms. The van der Waals surface area contributed by atoms with E-state index in [1.165, 1.54) is 11.1 Å². The van der Waals surface area contributed by atoms with E-state index < -0.39 is 6.04 Å². The molecule has 2 atom stereocenters. The Morgan fingerprint density at radius 3 is 2.18 bits per heavy atom. The minimum absolute atomic E-state index is 0.0763. The zero-order valence-corrected chi connectivity index (χ0v) is 25.4. The fraction of sp³-hybridized carbons (Fsp3) is 0.371. The van der Waals surface area contributed by atoms with Crippen molar-refractivity contribution in [2.45, 2.75) is 51.4 Å². The van der Waals surface area contributed by atoms with Crippen LogP contribution in [-0.2, 0) is 11.3 Å². The standard InChI is InChI=1S/C35H39N7O2/c1-24-20-25(2)31-28(21-24)22-30(35(43)36-31)33(34-37-38-39-42(34)23-29-14-9-19-44-29)41-17-15-40(16-18-41)32(26-10-5-3-6-11-26)27-12-7-4-8-13-27/h3-8,10-13,20-22,29,32-33H,9,14-19,23H2,1-2H3,(H,36,43)/t29-,33+/m1/s1. The molecule has 9 nitrogen and oxygen atoms in total. The first-order chi connectivity index (χ1) is 21.5. The molecular formula is C35H39N7O2. The molecule has 0 bridgehead atoms. The number of ether oxygens (including phenoxy) is 1. The van der Waals surface area contributed by atoms with Gasteiger partial charge in [-0.1, -0.05) is 72.3 Å². The third-order valence-electron chi connectivity index (χ3n) is 9.13. The molecule has 44 heavy (non-hydrogen) atoms. The first kappa shape index (κ1) is 28.6. The van der Waals surface area contributed by atoms with Crippen molar-refractivity contribution in [3.05, 3.63) is 123 Å². The Balaban J connectivity index is 1.25. The molecule has 0 saturated carbocycles. The van der Waals surface area contributed by atoms with Crippen LogP contribution in [0.1, 0.15) is 58.6 Å². The van der Waals surface area contributed by atoms with E-state index in [-0.39, 0.29) is 17.7 Å². The van der Waals surface area contributed by atoms with Crippen LogP contribution in [0.3, 0.4) is 0 Å². The number of fused-ring (bicyclic) bond motifs is 1. The Kier molecular flexibility index (Phi) is 8.08. The van der Waals surface area contributed by atoms with Crippen molar-refractivity contribution in [1.29, 1.82) is 0 Å². The van der Waals surface area contributed by atoms with Crippen LogP contribution in [0.5, 0.6) is 0 Å². The number of H-pyrrole nitrogens is 1. The van der Waals surface area contributed by atoms with Gasteiger partial charge in [0, 0.05) is 38.3 Å². The van der Waals surface area contributed by atoms with E-state index in [1.54, 1.807) is 0 Å². The number of tetrazole rings is 1. The molecule has 3 aromatic carbocycles. The van der Waals surface area contributed by atoms with Gasteiger partial charge in [-0.05, 0) is 71.3 Å². The normalized spacial score (nSPS) is 18.8. The number of aromatic amines is 1. The Labute approximate surface area is 257 Å². The van der Waals surface area contributed by atoms with Crippen LogP contribution >= 0.6 is 0 Å². The summed E-state index contributed by atoms with van der Waals surface area (Å²) in [6.07, 6.45) is 2.10. The number of hydrogen-bond acceptors (Lipinski definition) is 7. The second-order valence-electron chi connectivity index (χ2n) is 12.2. The SMILES string of the molecule is Cc1cc(C)c2[nH]c(=O)c([C@@H](c3nnnn3C[C@H]3CCCO3)N3CCN(C(c4ccccc4)c4ccccc4)CC3)cc2c1. The zero-order chi connectivity index (χ0) is 30.0. The van der Waals surface area contributed by atoms with Gasteiger partial charge in [-0.3, -0.25) is 14.6 Å². The number of nitrogens with zero attached hydrogens (tertiary/aromatic N) is 6. The van der Waals surface area contributed by atoms with Crippen molar-refractivity contribution >= 4 is 10.9 Å². The maximum absolute atomic E-state index is 13.9. The molecular weight excluding hydrogens is 550 g/mol. The lowest BCUT2D eigenvalue weighted by atomic mass is 9.96. The average Bonchev–Trinajstić information content (AvgIpc) is 3.73. The average molecular weight is 590 g/mol. The molecule has 2 aromatic heterocycles. The first-order valence-electron chi connectivity index (χ1n) is 15.6. The lowest BCUT2D eigenvalue weighted by Gasteiger charge is -2.42. The molecule has 2 fully saturated rings. The van der Waals surface area contributed by atoms with E-state index in [1.807, 2.05) is 17.7 Å². The molecule has 2 aliphatic heterocycles. The van der Waals surface area contributed by atoms with E-state index in [2.05, 4.69) is 110 Å². The number of benzene rings is 3. The topological polar surface area (TPSA) is 92.2 Å². The summed E-state index contributed by atoms with van der Waals surface area (Å²) in [5.74, 6) is 0.686. The third-order valence-corrected chi connectivity index (χ3v) is 9.13. The van der Waals surface area contributed by atoms with E-state index in [0.29, 0.717) is 17.9 Å². The molecule has 0 aliphatic carbocycles. The lowest BCUT2D eigenvalue weighted by Crippen LogP contribution is -2.50. The Bertz CT molecular complexity index is 1730. The van der Waals surface area contributed by atoms with E-state index in [9.17, 15) is 4.79 Å². The monoisotopic (exact) mass is 589 g/mol. The number of aryl methyl sites for hydroxylation is 2. The quantitative estimate of drug-likeness (QED) is 0.278. The molecule has 4 heterocycles. The number of aromatic nitrogens is 5. The minimum Gasteiger partial charge on any atom is -0.376 e. The number of nitrogens with one attached hydrogen (secondary N) is 1. The summed E-state index contributed by atoms with van der Waals surface area (Å²) in [5, 5.41) is 14.1. The lowest BCUT2D eigenvalue weighted by molar-refractivity contribution is 0.0778. The second kappa shape index (κ2) is 12.4. The fourth-order valence-corrected chi connectivity index (χ4v) is 7.06. The van der Waals surface area contributed by atoms with Crippen LogP contribution in [0, 0.1) is 13.8 Å². The van der Waals surface area contributed by atoms with Crippen LogP contribution in [0.4, 0.5) is 0 Å². The van der Waals surface area contributed by atoms with Gasteiger partial charge in [0.2, 0.25) is 0 Å². The van der Waals surface area contributed by atoms with Gasteiger partial charge in [0.15, 0.2) is 5.82 Å². The van der Waals surface area contributed by atoms with Crippen molar-refractivity contribution in [3.63, 3.8) is 0 Å². The van der Waals surface area contributed by atoms with Gasteiger partial charge in [0.05, 0.1) is 24.2 Å². The highest BCUT2D eigenvalue weighted by molar-refractivity contribution is 5.83. The van der Waals surface area contributed by atoms with Crippen molar-refractivity contribution in [3.8, 4) is 0 Å². The molecule has 0 radical (unpaired) electrons. The van der Waals surface area contributed by atoms with Gasteiger partial charge in [0.25, 0.3) is 5.56 Å². The Morgan fingerprint density at radius 2 is 1.55 bits per heavy atom. The van der Waals surface area contributed by atoms with Gasteiger partial charge in [-0.15, -0.1) is 5.10 Å². The van der Waals surface area contributed by atoms with Gasteiger partial charge >= 0.3 is 0 Å². The molecule has 226 valence electrons. The van der Waals surface area contributed by atoms with Crippen LogP contribution < -0.4 is 5.56 Å². The summed E-state index contributed by atoms with van der Waals surface area (Å²) in [4.78, 5) is 22.0. The highest BCUT2D eigenvalue weighted by atomic mass is 16.5. The van der Waals surface area contributed by atoms with Crippen molar-refractivity contribution in [2.24, 2.45) is 0 Å². The van der Waals surface area contributed by atoms with Crippen molar-refractivity contribution in [2.75, 3.05) is 32.8 Å². The van der Waals surface area contributed by atoms with E-state index >= 15 is 0 Å². The number of pyridine rings is 1. The van der Waals surface area contributed by atoms with E-state index in [4.69, 9.17) is 4.74 Å². The van der Waals surface area contributed by atoms with Crippen LogP contribution in [0.2, 0.25) is 0 Å². The summed E-state index contributed by atoms with van der Waals surface area (Å²) in [6, 6.07) is 27.5. The number of rotatable bonds is 8. The molecule has 0 unspecified atom stereocenters. The first-order valence-corrected chi connectivity index (χ1v) is 15.6. The van der Waals surface area contributed by atoms with Crippen LogP contribution in [0.15, 0.2) is 83.7 Å². The van der Waals surface area contributed by atoms with Gasteiger partial charge in [0.1, 0.15) is 6.04 Å². The summed E-state index contributed by atoms with van der Waals surface area (Å²) in [6.45, 7) is 8.67. The largest absolute Gasteiger partial charge is 0.376 e. The third kappa shape index (κ3) is 5.70. The highest BCUT2D eigenvalue weighted by Gasteiger charge is 2.35. The van der Waals surface area contributed by atoms with Crippen LogP contribution in [0.25, 0.3) is 10.9 Å². The minimum atomic E-state index is -0.394. The van der Waals surface area contributed by atoms with E-state index in [0.717, 1.165) is 67.7 Å².